The van der Waals surface area contributed by atoms with Crippen molar-refractivity contribution in [1.29, 1.82) is 0 Å². The number of ether oxygens (including phenoxy) is 1. The van der Waals surface area contributed by atoms with E-state index < -0.39 is 41.5 Å². The minimum absolute atomic E-state index is 0.320. The Balaban J connectivity index is 1.49. The second kappa shape index (κ2) is 8.11. The van der Waals surface area contributed by atoms with E-state index in [0.29, 0.717) is 29.9 Å². The first kappa shape index (κ1) is 18.8. The highest BCUT2D eigenvalue weighted by Crippen LogP contribution is 2.29. The monoisotopic (exact) mass is 378 g/mol. The van der Waals surface area contributed by atoms with Crippen molar-refractivity contribution in [2.45, 2.75) is 12.8 Å². The van der Waals surface area contributed by atoms with Crippen LogP contribution < -0.4 is 15.4 Å². The molecule has 2 aromatic rings. The van der Waals surface area contributed by atoms with Gasteiger partial charge in [0.2, 0.25) is 5.91 Å². The summed E-state index contributed by atoms with van der Waals surface area (Å²) in [7, 11) is 0. The summed E-state index contributed by atoms with van der Waals surface area (Å²) in [6.45, 7) is 0.198. The standard InChI is InChI=1S/C19H17F3N2O3/c20-14-7-8-15(18(22)17(14)21)24-16(25)9-23-19(26)12-3-5-13(6-4-12)27-10-11-1-2-11/h3-8,11H,1-2,9-10H2,(H,23,26)(H,24,25). The Morgan fingerprint density at radius 1 is 1.00 bits per heavy atom. The minimum Gasteiger partial charge on any atom is -0.493 e. The van der Waals surface area contributed by atoms with Crippen LogP contribution in [0.4, 0.5) is 18.9 Å². The predicted molar refractivity (Wildman–Crippen MR) is 91.9 cm³/mol. The second-order valence-corrected chi connectivity index (χ2v) is 6.23. The number of halogens is 3. The molecular formula is C19H17F3N2O3. The summed E-state index contributed by atoms with van der Waals surface area (Å²) in [5.41, 5.74) is -0.189. The molecule has 0 aliphatic heterocycles. The zero-order chi connectivity index (χ0) is 19.4. The molecule has 1 aliphatic carbocycles. The van der Waals surface area contributed by atoms with Crippen LogP contribution in [-0.4, -0.2) is 25.0 Å². The summed E-state index contributed by atoms with van der Waals surface area (Å²) in [4.78, 5) is 23.8. The third kappa shape index (κ3) is 4.99. The van der Waals surface area contributed by atoms with Crippen LogP contribution in [0.15, 0.2) is 36.4 Å². The number of carbonyl (C=O) groups excluding carboxylic acids is 2. The number of anilines is 1. The molecule has 0 radical (unpaired) electrons. The molecule has 0 saturated heterocycles. The topological polar surface area (TPSA) is 67.4 Å². The largest absolute Gasteiger partial charge is 0.493 e. The number of benzene rings is 2. The molecule has 0 aromatic heterocycles. The molecular weight excluding hydrogens is 361 g/mol. The Hall–Kier alpha value is -3.03. The summed E-state index contributed by atoms with van der Waals surface area (Å²) >= 11 is 0. The minimum atomic E-state index is -1.68. The van der Waals surface area contributed by atoms with Crippen molar-refractivity contribution >= 4 is 17.5 Å². The average molecular weight is 378 g/mol. The normalized spacial score (nSPS) is 13.1. The fraction of sp³-hybridized carbons (Fsp3) is 0.263. The van der Waals surface area contributed by atoms with Crippen LogP contribution >= 0.6 is 0 Å². The van der Waals surface area contributed by atoms with Gasteiger partial charge in [0.1, 0.15) is 5.75 Å². The first-order chi connectivity index (χ1) is 12.9. The van der Waals surface area contributed by atoms with Crippen LogP contribution in [0.3, 0.4) is 0 Å². The smallest absolute Gasteiger partial charge is 0.251 e. The van der Waals surface area contributed by atoms with Gasteiger partial charge in [-0.2, -0.15) is 0 Å². The molecule has 0 unspecified atom stereocenters. The lowest BCUT2D eigenvalue weighted by Crippen LogP contribution is -2.33. The van der Waals surface area contributed by atoms with Crippen LogP contribution in [0.25, 0.3) is 0 Å². The maximum absolute atomic E-state index is 13.5. The number of nitrogens with one attached hydrogen (secondary N) is 2. The first-order valence-corrected chi connectivity index (χ1v) is 8.38. The third-order valence-electron chi connectivity index (χ3n) is 4.02. The molecule has 2 amide bonds. The van der Waals surface area contributed by atoms with Crippen LogP contribution in [-0.2, 0) is 4.79 Å². The number of amides is 2. The molecule has 0 spiro atoms. The molecule has 0 bridgehead atoms. The lowest BCUT2D eigenvalue weighted by Gasteiger charge is -2.09. The van der Waals surface area contributed by atoms with Crippen LogP contribution in [0, 0.1) is 23.4 Å². The number of carbonyl (C=O) groups is 2. The summed E-state index contributed by atoms with van der Waals surface area (Å²) in [6, 6.07) is 8.03. The molecule has 2 aromatic carbocycles. The Morgan fingerprint density at radius 2 is 1.70 bits per heavy atom. The van der Waals surface area contributed by atoms with E-state index in [0.717, 1.165) is 6.07 Å². The fourth-order valence-corrected chi connectivity index (χ4v) is 2.28. The van der Waals surface area contributed by atoms with E-state index in [2.05, 4.69) is 10.6 Å². The second-order valence-electron chi connectivity index (χ2n) is 6.23. The number of hydrogen-bond acceptors (Lipinski definition) is 3. The third-order valence-corrected chi connectivity index (χ3v) is 4.02. The van der Waals surface area contributed by atoms with E-state index in [-0.39, 0.29) is 0 Å². The van der Waals surface area contributed by atoms with E-state index >= 15 is 0 Å². The van der Waals surface area contributed by atoms with Gasteiger partial charge in [0, 0.05) is 5.56 Å². The van der Waals surface area contributed by atoms with E-state index in [9.17, 15) is 22.8 Å². The molecule has 0 heterocycles. The molecule has 1 fully saturated rings. The maximum atomic E-state index is 13.5. The molecule has 1 saturated carbocycles. The van der Waals surface area contributed by atoms with Crippen molar-refractivity contribution in [3.63, 3.8) is 0 Å². The van der Waals surface area contributed by atoms with Crippen LogP contribution in [0.5, 0.6) is 5.75 Å². The highest BCUT2D eigenvalue weighted by atomic mass is 19.2. The number of rotatable bonds is 7. The van der Waals surface area contributed by atoms with E-state index in [1.54, 1.807) is 24.3 Å². The lowest BCUT2D eigenvalue weighted by atomic mass is 10.2. The van der Waals surface area contributed by atoms with Crippen molar-refractivity contribution in [3.05, 3.63) is 59.4 Å². The van der Waals surface area contributed by atoms with Crippen molar-refractivity contribution in [3.8, 4) is 5.75 Å². The van der Waals surface area contributed by atoms with Crippen LogP contribution in [0.1, 0.15) is 23.2 Å². The van der Waals surface area contributed by atoms with Crippen molar-refractivity contribution < 1.29 is 27.5 Å². The zero-order valence-corrected chi connectivity index (χ0v) is 14.2. The zero-order valence-electron chi connectivity index (χ0n) is 14.2. The maximum Gasteiger partial charge on any atom is 0.251 e. The van der Waals surface area contributed by atoms with Gasteiger partial charge in [-0.1, -0.05) is 0 Å². The van der Waals surface area contributed by atoms with Crippen molar-refractivity contribution in [1.82, 2.24) is 5.32 Å². The molecule has 142 valence electrons. The SMILES string of the molecule is O=C(CNC(=O)c1ccc(OCC2CC2)cc1)Nc1ccc(F)c(F)c1F. The Labute approximate surface area is 153 Å². The van der Waals surface area contributed by atoms with Crippen LogP contribution in [0.2, 0.25) is 0 Å². The van der Waals surface area contributed by atoms with Gasteiger partial charge in [0.25, 0.3) is 5.91 Å². The van der Waals surface area contributed by atoms with E-state index in [1.807, 2.05) is 0 Å². The molecule has 2 N–H and O–H groups in total. The first-order valence-electron chi connectivity index (χ1n) is 8.38. The van der Waals surface area contributed by atoms with Gasteiger partial charge in [-0.3, -0.25) is 9.59 Å². The molecule has 8 heteroatoms. The molecule has 5 nitrogen and oxygen atoms in total. The van der Waals surface area contributed by atoms with Gasteiger partial charge in [-0.05, 0) is 55.2 Å². The molecule has 1 aliphatic rings. The van der Waals surface area contributed by atoms with Crippen molar-refractivity contribution in [2.75, 3.05) is 18.5 Å². The summed E-state index contributed by atoms with van der Waals surface area (Å²) in [5.74, 6) is -4.56. The van der Waals surface area contributed by atoms with Gasteiger partial charge in [-0.25, -0.2) is 13.2 Å². The highest BCUT2D eigenvalue weighted by molar-refractivity contribution is 5.99. The Kier molecular flexibility index (Phi) is 5.63. The average Bonchev–Trinajstić information content (AvgIpc) is 3.50. The highest BCUT2D eigenvalue weighted by Gasteiger charge is 2.22. The van der Waals surface area contributed by atoms with Gasteiger partial charge in [0.05, 0.1) is 18.8 Å². The van der Waals surface area contributed by atoms with Gasteiger partial charge in [-0.15, -0.1) is 0 Å². The quantitative estimate of drug-likeness (QED) is 0.727. The van der Waals surface area contributed by atoms with E-state index in [1.165, 1.54) is 12.8 Å². The van der Waals surface area contributed by atoms with Crippen molar-refractivity contribution in [2.24, 2.45) is 5.92 Å². The summed E-state index contributed by atoms with van der Waals surface area (Å²) < 4.78 is 45.1. The Bertz CT molecular complexity index is 852. The molecule has 0 atom stereocenters. The lowest BCUT2D eigenvalue weighted by molar-refractivity contribution is -0.115. The predicted octanol–water partition coefficient (Wildman–Crippen LogP) is 3.26. The Morgan fingerprint density at radius 3 is 2.37 bits per heavy atom. The van der Waals surface area contributed by atoms with Gasteiger partial charge >= 0.3 is 0 Å². The fourth-order valence-electron chi connectivity index (χ4n) is 2.28. The van der Waals surface area contributed by atoms with Gasteiger partial charge < -0.3 is 15.4 Å². The number of hydrogen-bond donors (Lipinski definition) is 2. The van der Waals surface area contributed by atoms with Gasteiger partial charge in [0.15, 0.2) is 17.5 Å². The summed E-state index contributed by atoms with van der Waals surface area (Å²) in [5, 5.41) is 4.43. The molecule has 27 heavy (non-hydrogen) atoms. The summed E-state index contributed by atoms with van der Waals surface area (Å²) in [6.07, 6.45) is 2.36. The molecule has 3 rings (SSSR count). The van der Waals surface area contributed by atoms with E-state index in [4.69, 9.17) is 4.74 Å².